The van der Waals surface area contributed by atoms with Gasteiger partial charge in [-0.2, -0.15) is 0 Å². The van der Waals surface area contributed by atoms with E-state index in [4.69, 9.17) is 4.74 Å². The highest BCUT2D eigenvalue weighted by Gasteiger charge is 2.24. The fourth-order valence-corrected chi connectivity index (χ4v) is 2.82. The third kappa shape index (κ3) is 3.60. The van der Waals surface area contributed by atoms with Gasteiger partial charge in [-0.05, 0) is 48.2 Å². The van der Waals surface area contributed by atoms with E-state index < -0.39 is 0 Å². The molecule has 0 radical (unpaired) electrons. The molecule has 0 unspecified atom stereocenters. The van der Waals surface area contributed by atoms with Crippen molar-refractivity contribution in [1.82, 2.24) is 5.32 Å². The number of amides is 1. The molecule has 1 heterocycles. The Balaban J connectivity index is 1.81. The molecular weight excluding hydrogens is 315 g/mol. The largest absolute Gasteiger partial charge is 0.497 e. The Morgan fingerprint density at radius 1 is 1.17 bits per heavy atom. The number of ether oxygens (including phenoxy) is 1. The maximum atomic E-state index is 13.7. The minimum atomic E-state index is -0.367. The van der Waals surface area contributed by atoms with Gasteiger partial charge in [-0.3, -0.25) is 4.79 Å². The Bertz CT molecular complexity index is 800. The molecule has 3 rings (SSSR count). The summed E-state index contributed by atoms with van der Waals surface area (Å²) in [5.74, 6) is 0.0802. The summed E-state index contributed by atoms with van der Waals surface area (Å²) in [5.41, 5.74) is 1.07. The van der Waals surface area contributed by atoms with Crippen molar-refractivity contribution < 1.29 is 13.9 Å². The zero-order valence-corrected chi connectivity index (χ0v) is 13.1. The molecule has 2 aromatic carbocycles. The van der Waals surface area contributed by atoms with E-state index in [9.17, 15) is 9.18 Å². The molecule has 1 aliphatic heterocycles. The lowest BCUT2D eigenvalue weighted by atomic mass is 10.2. The summed E-state index contributed by atoms with van der Waals surface area (Å²) in [7, 11) is 1.59. The fourth-order valence-electron chi connectivity index (χ4n) is 1.99. The van der Waals surface area contributed by atoms with Crippen molar-refractivity contribution in [3.63, 3.8) is 0 Å². The molecule has 4 nitrogen and oxygen atoms in total. The molecule has 23 heavy (non-hydrogen) atoms. The van der Waals surface area contributed by atoms with Crippen LogP contribution in [0.4, 0.5) is 10.1 Å². The summed E-state index contributed by atoms with van der Waals surface area (Å²) in [6.07, 6.45) is 1.52. The van der Waals surface area contributed by atoms with Gasteiger partial charge in [0.25, 0.3) is 5.91 Å². The second kappa shape index (κ2) is 6.66. The monoisotopic (exact) mass is 328 g/mol. The molecule has 2 aromatic rings. The van der Waals surface area contributed by atoms with E-state index in [1.54, 1.807) is 49.6 Å². The molecule has 0 aliphatic carbocycles. The normalized spacial score (nSPS) is 17.6. The molecule has 1 saturated heterocycles. The highest BCUT2D eigenvalue weighted by molar-refractivity contribution is 8.18. The van der Waals surface area contributed by atoms with Crippen LogP contribution in [0, 0.1) is 5.82 Å². The summed E-state index contributed by atoms with van der Waals surface area (Å²) >= 11 is 1.18. The molecule has 1 fully saturated rings. The van der Waals surface area contributed by atoms with Crippen molar-refractivity contribution in [2.24, 2.45) is 4.99 Å². The van der Waals surface area contributed by atoms with Gasteiger partial charge in [0.1, 0.15) is 11.6 Å². The first-order valence-electron chi connectivity index (χ1n) is 6.84. The SMILES string of the molecule is COc1ccc(N=C2NC(=O)/C(=C/c3ccccc3F)S2)cc1. The van der Waals surface area contributed by atoms with Crippen molar-refractivity contribution in [2.45, 2.75) is 0 Å². The number of carbonyl (C=O) groups excluding carboxylic acids is 1. The first kappa shape index (κ1) is 15.3. The average molecular weight is 328 g/mol. The number of hydrogen-bond donors (Lipinski definition) is 1. The van der Waals surface area contributed by atoms with Gasteiger partial charge >= 0.3 is 0 Å². The lowest BCUT2D eigenvalue weighted by Gasteiger charge is -1.99. The average Bonchev–Trinajstić information content (AvgIpc) is 2.90. The minimum Gasteiger partial charge on any atom is -0.497 e. The number of aliphatic imine (C=N–C) groups is 1. The summed E-state index contributed by atoms with van der Waals surface area (Å²) in [4.78, 5) is 16.7. The third-order valence-corrected chi connectivity index (χ3v) is 4.06. The molecule has 1 amide bonds. The summed E-state index contributed by atoms with van der Waals surface area (Å²) < 4.78 is 18.7. The number of rotatable bonds is 3. The van der Waals surface area contributed by atoms with Crippen LogP contribution in [0.2, 0.25) is 0 Å². The van der Waals surface area contributed by atoms with Crippen molar-refractivity contribution in [2.75, 3.05) is 7.11 Å². The van der Waals surface area contributed by atoms with Gasteiger partial charge < -0.3 is 10.1 Å². The van der Waals surface area contributed by atoms with Gasteiger partial charge in [-0.15, -0.1) is 0 Å². The third-order valence-electron chi connectivity index (χ3n) is 3.15. The van der Waals surface area contributed by atoms with Crippen molar-refractivity contribution in [3.05, 3.63) is 64.8 Å². The van der Waals surface area contributed by atoms with Crippen molar-refractivity contribution in [3.8, 4) is 5.75 Å². The zero-order valence-electron chi connectivity index (χ0n) is 12.2. The number of carbonyl (C=O) groups is 1. The van der Waals surface area contributed by atoms with Crippen LogP contribution in [-0.2, 0) is 4.79 Å². The maximum absolute atomic E-state index is 13.7. The molecule has 0 spiro atoms. The van der Waals surface area contributed by atoms with E-state index in [1.807, 2.05) is 0 Å². The number of nitrogens with zero attached hydrogens (tertiary/aromatic N) is 1. The van der Waals surface area contributed by atoms with E-state index in [0.29, 0.717) is 21.3 Å². The minimum absolute atomic E-state index is 0.287. The number of hydrogen-bond acceptors (Lipinski definition) is 4. The number of amidine groups is 1. The standard InChI is InChI=1S/C17H13FN2O2S/c1-22-13-8-6-12(7-9-13)19-17-20-16(21)15(23-17)10-11-4-2-3-5-14(11)18/h2-10H,1H3,(H,19,20,21)/b15-10-. The van der Waals surface area contributed by atoms with E-state index in [2.05, 4.69) is 10.3 Å². The number of benzene rings is 2. The van der Waals surface area contributed by atoms with E-state index in [0.717, 1.165) is 5.75 Å². The molecule has 0 saturated carbocycles. The molecule has 0 bridgehead atoms. The van der Waals surface area contributed by atoms with E-state index in [-0.39, 0.29) is 11.7 Å². The second-order valence-corrected chi connectivity index (χ2v) is 5.73. The van der Waals surface area contributed by atoms with Crippen molar-refractivity contribution >= 4 is 34.6 Å². The fraction of sp³-hybridized carbons (Fsp3) is 0.0588. The van der Waals surface area contributed by atoms with E-state index >= 15 is 0 Å². The van der Waals surface area contributed by atoms with Gasteiger partial charge in [0.05, 0.1) is 17.7 Å². The lowest BCUT2D eigenvalue weighted by molar-refractivity contribution is -0.115. The van der Waals surface area contributed by atoms with Crippen LogP contribution in [0.15, 0.2) is 58.4 Å². The summed E-state index contributed by atoms with van der Waals surface area (Å²) in [5, 5.41) is 3.13. The molecule has 0 aromatic heterocycles. The Hall–Kier alpha value is -2.60. The number of halogens is 1. The predicted molar refractivity (Wildman–Crippen MR) is 90.2 cm³/mol. The summed E-state index contributed by atoms with van der Waals surface area (Å²) in [6, 6.07) is 13.5. The van der Waals surface area contributed by atoms with Gasteiger partial charge in [0.2, 0.25) is 0 Å². The first-order chi connectivity index (χ1) is 11.2. The lowest BCUT2D eigenvalue weighted by Crippen LogP contribution is -2.19. The van der Waals surface area contributed by atoms with Gasteiger partial charge in [0.15, 0.2) is 5.17 Å². The highest BCUT2D eigenvalue weighted by atomic mass is 32.2. The molecule has 0 atom stereocenters. The maximum Gasteiger partial charge on any atom is 0.264 e. The van der Waals surface area contributed by atoms with Gasteiger partial charge in [-0.1, -0.05) is 18.2 Å². The molecular formula is C17H13FN2O2S. The Morgan fingerprint density at radius 2 is 1.91 bits per heavy atom. The van der Waals surface area contributed by atoms with Crippen LogP contribution in [-0.4, -0.2) is 18.2 Å². The quantitative estimate of drug-likeness (QED) is 0.874. The zero-order chi connectivity index (χ0) is 16.2. The Labute approximate surface area is 137 Å². The molecule has 116 valence electrons. The summed E-state index contributed by atoms with van der Waals surface area (Å²) in [6.45, 7) is 0. The smallest absolute Gasteiger partial charge is 0.264 e. The number of nitrogens with one attached hydrogen (secondary N) is 1. The van der Waals surface area contributed by atoms with Crippen LogP contribution >= 0.6 is 11.8 Å². The molecule has 1 aliphatic rings. The number of methoxy groups -OCH3 is 1. The van der Waals surface area contributed by atoms with Crippen LogP contribution < -0.4 is 10.1 Å². The van der Waals surface area contributed by atoms with Crippen LogP contribution in [0.25, 0.3) is 6.08 Å². The van der Waals surface area contributed by atoms with Crippen LogP contribution in [0.3, 0.4) is 0 Å². The van der Waals surface area contributed by atoms with Gasteiger partial charge in [-0.25, -0.2) is 9.38 Å². The van der Waals surface area contributed by atoms with E-state index in [1.165, 1.54) is 23.9 Å². The highest BCUT2D eigenvalue weighted by Crippen LogP contribution is 2.29. The topological polar surface area (TPSA) is 50.7 Å². The van der Waals surface area contributed by atoms with Gasteiger partial charge in [0, 0.05) is 5.56 Å². The first-order valence-corrected chi connectivity index (χ1v) is 7.65. The predicted octanol–water partition coefficient (Wildman–Crippen LogP) is 3.73. The molecule has 6 heteroatoms. The molecule has 1 N–H and O–H groups in total. The van der Waals surface area contributed by atoms with Crippen LogP contribution in [0.5, 0.6) is 5.75 Å². The Morgan fingerprint density at radius 3 is 2.61 bits per heavy atom. The van der Waals surface area contributed by atoms with Crippen molar-refractivity contribution in [1.29, 1.82) is 0 Å². The van der Waals surface area contributed by atoms with Crippen LogP contribution in [0.1, 0.15) is 5.56 Å². The number of thioether (sulfide) groups is 1. The Kier molecular flexibility index (Phi) is 4.43. The second-order valence-electron chi connectivity index (χ2n) is 4.70.